The second kappa shape index (κ2) is 5.41. The molecule has 0 spiro atoms. The Morgan fingerprint density at radius 1 is 1.43 bits per heavy atom. The molecule has 106 valence electrons. The van der Waals surface area contributed by atoms with Gasteiger partial charge in [-0.05, 0) is 30.4 Å². The van der Waals surface area contributed by atoms with Crippen LogP contribution in [-0.4, -0.2) is 29.1 Å². The number of nitriles is 1. The van der Waals surface area contributed by atoms with Gasteiger partial charge < -0.3 is 10.0 Å². The highest BCUT2D eigenvalue weighted by Gasteiger charge is 2.27. The fourth-order valence-corrected chi connectivity index (χ4v) is 2.92. The number of fused-ring (bicyclic) bond motifs is 1. The summed E-state index contributed by atoms with van der Waals surface area (Å²) in [5.41, 5.74) is 0.577. The van der Waals surface area contributed by atoms with Crippen molar-refractivity contribution in [3.63, 3.8) is 0 Å². The molecule has 0 amide bonds. The Morgan fingerprint density at radius 3 is 3.05 bits per heavy atom. The van der Waals surface area contributed by atoms with E-state index in [9.17, 15) is 15.2 Å². The third kappa shape index (κ3) is 2.40. The first kappa shape index (κ1) is 13.4. The zero-order valence-corrected chi connectivity index (χ0v) is 11.5. The van der Waals surface area contributed by atoms with Crippen LogP contribution >= 0.6 is 0 Å². The molecule has 0 saturated carbocycles. The topological polar surface area (TPSA) is 77.2 Å². The fourth-order valence-electron chi connectivity index (χ4n) is 2.92. The van der Waals surface area contributed by atoms with Crippen molar-refractivity contribution < 1.29 is 9.90 Å². The van der Waals surface area contributed by atoms with Crippen molar-refractivity contribution in [2.45, 2.75) is 12.8 Å². The molecule has 5 nitrogen and oxygen atoms in total. The quantitative estimate of drug-likeness (QED) is 0.914. The lowest BCUT2D eigenvalue weighted by Gasteiger charge is -2.32. The summed E-state index contributed by atoms with van der Waals surface area (Å²) >= 11 is 0. The molecule has 1 saturated heterocycles. The van der Waals surface area contributed by atoms with Crippen LogP contribution in [0.15, 0.2) is 30.5 Å². The number of carboxylic acid groups (broad SMARTS) is 1. The highest BCUT2D eigenvalue weighted by molar-refractivity contribution is 5.96. The van der Waals surface area contributed by atoms with Gasteiger partial charge in [0.1, 0.15) is 5.82 Å². The molecular weight excluding hydrogens is 266 g/mol. The summed E-state index contributed by atoms with van der Waals surface area (Å²) in [6, 6.07) is 9.64. The van der Waals surface area contributed by atoms with Crippen molar-refractivity contribution in [3.8, 4) is 6.07 Å². The lowest BCUT2D eigenvalue weighted by atomic mass is 9.97. The van der Waals surface area contributed by atoms with Crippen molar-refractivity contribution >= 4 is 22.6 Å². The molecule has 1 fully saturated rings. The number of aliphatic carboxylic acids is 1. The number of anilines is 1. The number of piperidine rings is 1. The summed E-state index contributed by atoms with van der Waals surface area (Å²) in [6.07, 6.45) is 3.23. The lowest BCUT2D eigenvalue weighted by Crippen LogP contribution is -2.39. The number of carbonyl (C=O) groups is 1. The smallest absolute Gasteiger partial charge is 0.308 e. The van der Waals surface area contributed by atoms with E-state index in [2.05, 4.69) is 11.1 Å². The molecule has 1 aliphatic rings. The zero-order chi connectivity index (χ0) is 14.8. The summed E-state index contributed by atoms with van der Waals surface area (Å²) in [5.74, 6) is -0.416. The van der Waals surface area contributed by atoms with Gasteiger partial charge in [-0.15, -0.1) is 0 Å². The molecule has 2 aromatic rings. The molecule has 1 aliphatic heterocycles. The molecule has 0 bridgehead atoms. The number of benzene rings is 1. The van der Waals surface area contributed by atoms with Crippen LogP contribution in [0, 0.1) is 17.2 Å². The van der Waals surface area contributed by atoms with Gasteiger partial charge in [0.05, 0.1) is 17.6 Å². The van der Waals surface area contributed by atoms with Gasteiger partial charge in [-0.3, -0.25) is 4.79 Å². The van der Waals surface area contributed by atoms with Gasteiger partial charge in [-0.1, -0.05) is 12.1 Å². The molecule has 5 heteroatoms. The van der Waals surface area contributed by atoms with Crippen LogP contribution in [0.5, 0.6) is 0 Å². The molecule has 0 radical (unpaired) electrons. The number of nitrogens with zero attached hydrogens (tertiary/aromatic N) is 3. The van der Waals surface area contributed by atoms with Gasteiger partial charge in [0, 0.05) is 24.7 Å². The van der Waals surface area contributed by atoms with Crippen LogP contribution in [0.25, 0.3) is 10.8 Å². The predicted octanol–water partition coefficient (Wildman–Crippen LogP) is 2.41. The molecule has 3 rings (SSSR count). The van der Waals surface area contributed by atoms with Crippen LogP contribution < -0.4 is 4.90 Å². The first-order valence-electron chi connectivity index (χ1n) is 6.96. The Morgan fingerprint density at radius 2 is 2.29 bits per heavy atom. The van der Waals surface area contributed by atoms with E-state index in [-0.39, 0.29) is 5.92 Å². The average Bonchev–Trinajstić information content (AvgIpc) is 2.53. The minimum atomic E-state index is -0.763. The molecule has 21 heavy (non-hydrogen) atoms. The minimum absolute atomic E-state index is 0.370. The first-order valence-corrected chi connectivity index (χ1v) is 6.96. The Labute approximate surface area is 122 Å². The van der Waals surface area contributed by atoms with Crippen LogP contribution in [0.1, 0.15) is 18.4 Å². The number of hydrogen-bond donors (Lipinski definition) is 1. The Bertz CT molecular complexity index is 731. The lowest BCUT2D eigenvalue weighted by molar-refractivity contribution is -0.141. The average molecular weight is 281 g/mol. The number of hydrogen-bond acceptors (Lipinski definition) is 4. The van der Waals surface area contributed by atoms with Gasteiger partial charge in [0.25, 0.3) is 0 Å². The van der Waals surface area contributed by atoms with Crippen molar-refractivity contribution in [3.05, 3.63) is 36.0 Å². The van der Waals surface area contributed by atoms with Gasteiger partial charge in [0.2, 0.25) is 0 Å². The standard InChI is InChI=1S/C16H15N3O2/c17-9-12-4-1-3-11-6-7-18-15(14(11)12)19-8-2-5-13(10-19)16(20)21/h1,3-4,6-7,13H,2,5,8,10H2,(H,20,21). The molecule has 2 heterocycles. The van der Waals surface area contributed by atoms with Gasteiger partial charge in [-0.25, -0.2) is 4.98 Å². The fraction of sp³-hybridized carbons (Fsp3) is 0.312. The van der Waals surface area contributed by atoms with Crippen LogP contribution in [0.2, 0.25) is 0 Å². The van der Waals surface area contributed by atoms with E-state index >= 15 is 0 Å². The maximum atomic E-state index is 11.2. The van der Waals surface area contributed by atoms with Crippen molar-refractivity contribution in [1.82, 2.24) is 4.98 Å². The first-order chi connectivity index (χ1) is 10.2. The molecule has 0 aliphatic carbocycles. The van der Waals surface area contributed by atoms with E-state index in [1.165, 1.54) is 0 Å². The second-order valence-corrected chi connectivity index (χ2v) is 5.27. The summed E-state index contributed by atoms with van der Waals surface area (Å²) in [4.78, 5) is 17.6. The third-order valence-corrected chi connectivity index (χ3v) is 3.96. The summed E-state index contributed by atoms with van der Waals surface area (Å²) in [7, 11) is 0. The van der Waals surface area contributed by atoms with E-state index < -0.39 is 5.97 Å². The van der Waals surface area contributed by atoms with Gasteiger partial charge >= 0.3 is 5.97 Å². The van der Waals surface area contributed by atoms with E-state index in [0.717, 1.165) is 29.6 Å². The SMILES string of the molecule is N#Cc1cccc2ccnc(N3CCCC(C(=O)O)C3)c12. The highest BCUT2D eigenvalue weighted by Crippen LogP contribution is 2.30. The monoisotopic (exact) mass is 281 g/mol. The zero-order valence-electron chi connectivity index (χ0n) is 11.5. The second-order valence-electron chi connectivity index (χ2n) is 5.27. The number of rotatable bonds is 2. The van der Waals surface area contributed by atoms with E-state index in [4.69, 9.17) is 0 Å². The third-order valence-electron chi connectivity index (χ3n) is 3.96. The summed E-state index contributed by atoms with van der Waals surface area (Å²) < 4.78 is 0. The van der Waals surface area contributed by atoms with Gasteiger partial charge in [-0.2, -0.15) is 5.26 Å². The Balaban J connectivity index is 2.08. The maximum Gasteiger partial charge on any atom is 0.308 e. The van der Waals surface area contributed by atoms with E-state index in [1.54, 1.807) is 12.3 Å². The molecular formula is C16H15N3O2. The Hall–Kier alpha value is -2.61. The van der Waals surface area contributed by atoms with Crippen LogP contribution in [-0.2, 0) is 4.79 Å². The maximum absolute atomic E-state index is 11.2. The minimum Gasteiger partial charge on any atom is -0.481 e. The largest absolute Gasteiger partial charge is 0.481 e. The number of aromatic nitrogens is 1. The highest BCUT2D eigenvalue weighted by atomic mass is 16.4. The summed E-state index contributed by atoms with van der Waals surface area (Å²) in [6.45, 7) is 1.22. The Kier molecular flexibility index (Phi) is 3.44. The molecule has 1 aromatic carbocycles. The predicted molar refractivity (Wildman–Crippen MR) is 79.0 cm³/mol. The van der Waals surface area contributed by atoms with Crippen LogP contribution in [0.3, 0.4) is 0 Å². The molecule has 1 atom stereocenters. The van der Waals surface area contributed by atoms with Gasteiger partial charge in [0.15, 0.2) is 0 Å². The van der Waals surface area contributed by atoms with Crippen LogP contribution in [0.4, 0.5) is 5.82 Å². The number of pyridine rings is 1. The van der Waals surface area contributed by atoms with E-state index in [0.29, 0.717) is 18.5 Å². The van der Waals surface area contributed by atoms with Crippen molar-refractivity contribution in [1.29, 1.82) is 5.26 Å². The van der Waals surface area contributed by atoms with E-state index in [1.807, 2.05) is 23.1 Å². The molecule has 1 N–H and O–H groups in total. The normalized spacial score (nSPS) is 18.4. The summed E-state index contributed by atoms with van der Waals surface area (Å²) in [5, 5.41) is 20.3. The molecule has 1 unspecified atom stereocenters. The van der Waals surface area contributed by atoms with Crippen molar-refractivity contribution in [2.75, 3.05) is 18.0 Å². The molecule has 1 aromatic heterocycles. The number of carboxylic acids is 1. The van der Waals surface area contributed by atoms with Crippen molar-refractivity contribution in [2.24, 2.45) is 5.92 Å².